The average molecular weight is 400 g/mol. The molecule has 0 atom stereocenters. The van der Waals surface area contributed by atoms with E-state index in [1.165, 1.54) is 12.1 Å². The van der Waals surface area contributed by atoms with Gasteiger partial charge in [0.05, 0.1) is 12.2 Å². The van der Waals surface area contributed by atoms with Crippen LogP contribution in [0.3, 0.4) is 0 Å². The predicted octanol–water partition coefficient (Wildman–Crippen LogP) is 3.58. The van der Waals surface area contributed by atoms with E-state index in [2.05, 4.69) is 32.3 Å². The number of rotatable bonds is 5. The van der Waals surface area contributed by atoms with E-state index in [1.54, 1.807) is 24.4 Å². The molecule has 6 nitrogen and oxygen atoms in total. The summed E-state index contributed by atoms with van der Waals surface area (Å²) in [4.78, 5) is 16.5. The molecule has 1 amide bonds. The highest BCUT2D eigenvalue weighted by molar-refractivity contribution is 5.93. The minimum atomic E-state index is -0.329. The molecule has 0 aliphatic rings. The summed E-state index contributed by atoms with van der Waals surface area (Å²) < 4.78 is 18.7. The minimum Gasteiger partial charge on any atom is -0.479 e. The number of nitrogens with one attached hydrogen (secondary N) is 2. The number of carbonyl (C=O) groups is 1. The van der Waals surface area contributed by atoms with Gasteiger partial charge in [-0.3, -0.25) is 14.9 Å². The third-order valence-corrected chi connectivity index (χ3v) is 4.32. The summed E-state index contributed by atoms with van der Waals surface area (Å²) in [6.07, 6.45) is 1.72. The Morgan fingerprint density at radius 2 is 1.93 bits per heavy atom. The molecule has 0 aliphatic heterocycles. The normalized spacial score (nSPS) is 10.3. The summed E-state index contributed by atoms with van der Waals surface area (Å²) in [6.45, 7) is 0.352. The molecule has 148 valence electrons. The largest absolute Gasteiger partial charge is 0.479 e. The van der Waals surface area contributed by atoms with E-state index in [0.29, 0.717) is 22.7 Å². The lowest BCUT2D eigenvalue weighted by Crippen LogP contribution is -2.24. The van der Waals surface area contributed by atoms with Gasteiger partial charge in [-0.15, -0.1) is 0 Å². The third-order valence-electron chi connectivity index (χ3n) is 4.32. The van der Waals surface area contributed by atoms with Crippen LogP contribution in [-0.2, 0) is 0 Å². The fourth-order valence-electron chi connectivity index (χ4n) is 2.85. The quantitative estimate of drug-likeness (QED) is 0.502. The van der Waals surface area contributed by atoms with E-state index in [0.717, 1.165) is 10.9 Å². The Kier molecular flexibility index (Phi) is 5.67. The summed E-state index contributed by atoms with van der Waals surface area (Å²) in [6, 6.07) is 17.0. The van der Waals surface area contributed by atoms with Crippen LogP contribution in [0, 0.1) is 17.7 Å². The number of amides is 1. The molecular formula is C23H17FN4O2. The van der Waals surface area contributed by atoms with Crippen molar-refractivity contribution >= 4 is 16.8 Å². The second-order valence-electron chi connectivity index (χ2n) is 6.33. The molecule has 0 aliphatic carbocycles. The van der Waals surface area contributed by atoms with E-state index < -0.39 is 0 Å². The standard InChI is InChI=1S/C23H17FN4O2/c24-18-10-8-16(9-11-18)19-15-20(28-27-19)23(29)26-12-1-2-14-30-21-7-3-5-17-6-4-13-25-22(17)21/h3-11,13,15H,12,14H2,(H,26,29)(H,27,28). The van der Waals surface area contributed by atoms with Gasteiger partial charge in [0.1, 0.15) is 29.4 Å². The van der Waals surface area contributed by atoms with Crippen molar-refractivity contribution < 1.29 is 13.9 Å². The Balaban J connectivity index is 1.28. The van der Waals surface area contributed by atoms with Gasteiger partial charge in [-0.25, -0.2) is 4.39 Å². The van der Waals surface area contributed by atoms with Gasteiger partial charge in [0.25, 0.3) is 5.91 Å². The lowest BCUT2D eigenvalue weighted by Gasteiger charge is -2.05. The summed E-state index contributed by atoms with van der Waals surface area (Å²) in [5, 5.41) is 10.4. The highest BCUT2D eigenvalue weighted by Crippen LogP contribution is 2.22. The molecule has 0 unspecified atom stereocenters. The monoisotopic (exact) mass is 400 g/mol. The summed E-state index contributed by atoms with van der Waals surface area (Å²) >= 11 is 0. The number of aromatic nitrogens is 3. The minimum absolute atomic E-state index is 0.168. The predicted molar refractivity (Wildman–Crippen MR) is 111 cm³/mol. The molecule has 0 bridgehead atoms. The molecule has 2 aromatic heterocycles. The molecule has 0 saturated heterocycles. The second kappa shape index (κ2) is 8.88. The van der Waals surface area contributed by atoms with Crippen LogP contribution in [0.1, 0.15) is 10.5 Å². The number of para-hydroxylation sites is 1. The zero-order chi connectivity index (χ0) is 20.8. The van der Waals surface area contributed by atoms with Crippen LogP contribution in [0.2, 0.25) is 0 Å². The number of nitrogens with zero attached hydrogens (tertiary/aromatic N) is 2. The van der Waals surface area contributed by atoms with Gasteiger partial charge in [-0.2, -0.15) is 5.10 Å². The number of ether oxygens (including phenoxy) is 1. The molecule has 0 spiro atoms. The van der Waals surface area contributed by atoms with Crippen molar-refractivity contribution in [2.45, 2.75) is 0 Å². The van der Waals surface area contributed by atoms with Crippen molar-refractivity contribution in [1.82, 2.24) is 20.5 Å². The molecule has 4 aromatic rings. The smallest absolute Gasteiger partial charge is 0.270 e. The topological polar surface area (TPSA) is 79.9 Å². The zero-order valence-corrected chi connectivity index (χ0v) is 15.9. The van der Waals surface area contributed by atoms with Gasteiger partial charge in [0.15, 0.2) is 0 Å². The molecule has 2 N–H and O–H groups in total. The average Bonchev–Trinajstić information content (AvgIpc) is 3.27. The van der Waals surface area contributed by atoms with Crippen molar-refractivity contribution in [3.05, 3.63) is 78.4 Å². The number of fused-ring (bicyclic) bond motifs is 1. The van der Waals surface area contributed by atoms with Gasteiger partial charge in [0, 0.05) is 17.1 Å². The van der Waals surface area contributed by atoms with E-state index in [4.69, 9.17) is 4.74 Å². The summed E-state index contributed by atoms with van der Waals surface area (Å²) in [5.74, 6) is 5.72. The number of pyridine rings is 1. The first kappa shape index (κ1) is 19.2. The van der Waals surface area contributed by atoms with Crippen LogP contribution in [0.25, 0.3) is 22.2 Å². The maximum absolute atomic E-state index is 13.0. The highest BCUT2D eigenvalue weighted by atomic mass is 19.1. The molecule has 0 radical (unpaired) electrons. The first-order chi connectivity index (χ1) is 14.7. The highest BCUT2D eigenvalue weighted by Gasteiger charge is 2.10. The Morgan fingerprint density at radius 1 is 1.10 bits per heavy atom. The Labute approximate surface area is 172 Å². The number of hydrogen-bond acceptors (Lipinski definition) is 4. The van der Waals surface area contributed by atoms with Gasteiger partial charge in [-0.05, 0) is 42.5 Å². The molecule has 30 heavy (non-hydrogen) atoms. The van der Waals surface area contributed by atoms with Gasteiger partial charge in [0.2, 0.25) is 0 Å². The lowest BCUT2D eigenvalue weighted by molar-refractivity contribution is 0.0953. The van der Waals surface area contributed by atoms with Crippen molar-refractivity contribution in [2.24, 2.45) is 0 Å². The maximum Gasteiger partial charge on any atom is 0.270 e. The first-order valence-corrected chi connectivity index (χ1v) is 9.22. The fourth-order valence-corrected chi connectivity index (χ4v) is 2.85. The SMILES string of the molecule is O=C(NCC#CCOc1cccc2cccnc12)c1cc(-c2ccc(F)cc2)n[nH]1. The molecule has 0 saturated carbocycles. The van der Waals surface area contributed by atoms with Gasteiger partial charge < -0.3 is 10.1 Å². The number of hydrogen-bond donors (Lipinski definition) is 2. The molecule has 4 rings (SSSR count). The number of benzene rings is 2. The zero-order valence-electron chi connectivity index (χ0n) is 15.9. The fraction of sp³-hybridized carbons (Fsp3) is 0.0870. The maximum atomic E-state index is 13.0. The third kappa shape index (κ3) is 4.45. The van der Waals surface area contributed by atoms with Crippen molar-refractivity contribution in [2.75, 3.05) is 13.2 Å². The first-order valence-electron chi connectivity index (χ1n) is 9.22. The lowest BCUT2D eigenvalue weighted by atomic mass is 10.1. The van der Waals surface area contributed by atoms with E-state index in [1.807, 2.05) is 30.3 Å². The van der Waals surface area contributed by atoms with Crippen LogP contribution < -0.4 is 10.1 Å². The number of aromatic amines is 1. The number of H-pyrrole nitrogens is 1. The van der Waals surface area contributed by atoms with E-state index >= 15 is 0 Å². The van der Waals surface area contributed by atoms with Crippen LogP contribution >= 0.6 is 0 Å². The van der Waals surface area contributed by atoms with E-state index in [-0.39, 0.29) is 24.9 Å². The van der Waals surface area contributed by atoms with Crippen molar-refractivity contribution in [3.8, 4) is 28.8 Å². The molecule has 2 aromatic carbocycles. The molecule has 7 heteroatoms. The van der Waals surface area contributed by atoms with Crippen LogP contribution in [0.4, 0.5) is 4.39 Å². The number of halogens is 1. The Morgan fingerprint density at radius 3 is 2.80 bits per heavy atom. The number of carbonyl (C=O) groups excluding carboxylic acids is 1. The van der Waals surface area contributed by atoms with Crippen LogP contribution in [-0.4, -0.2) is 34.2 Å². The molecule has 2 heterocycles. The van der Waals surface area contributed by atoms with Gasteiger partial charge in [-0.1, -0.05) is 30.0 Å². The second-order valence-corrected chi connectivity index (χ2v) is 6.33. The van der Waals surface area contributed by atoms with Crippen LogP contribution in [0.5, 0.6) is 5.75 Å². The molecule has 0 fully saturated rings. The summed E-state index contributed by atoms with van der Waals surface area (Å²) in [7, 11) is 0. The van der Waals surface area contributed by atoms with Crippen molar-refractivity contribution in [3.63, 3.8) is 0 Å². The molecular weight excluding hydrogens is 383 g/mol. The Hall–Kier alpha value is -4.18. The van der Waals surface area contributed by atoms with E-state index in [9.17, 15) is 9.18 Å². The Bertz CT molecular complexity index is 1230. The van der Waals surface area contributed by atoms with Crippen molar-refractivity contribution in [1.29, 1.82) is 0 Å². The summed E-state index contributed by atoms with van der Waals surface area (Å²) in [5.41, 5.74) is 2.36. The van der Waals surface area contributed by atoms with Crippen LogP contribution in [0.15, 0.2) is 66.9 Å². The van der Waals surface area contributed by atoms with Gasteiger partial charge >= 0.3 is 0 Å².